The van der Waals surface area contributed by atoms with Gasteiger partial charge in [-0.25, -0.2) is 0 Å². The van der Waals surface area contributed by atoms with Crippen molar-refractivity contribution < 1.29 is 5.11 Å². The molecule has 0 aliphatic carbocycles. The Morgan fingerprint density at radius 3 is 2.22 bits per heavy atom. The van der Waals surface area contributed by atoms with E-state index in [0.29, 0.717) is 16.6 Å². The Bertz CT molecular complexity index is 757. The zero-order valence-corrected chi connectivity index (χ0v) is 17.4. The number of hydrogen-bond acceptors (Lipinski definition) is 4. The summed E-state index contributed by atoms with van der Waals surface area (Å²) >= 11 is 12.0. The summed E-state index contributed by atoms with van der Waals surface area (Å²) in [5.41, 5.74) is 3.61. The number of rotatable bonds is 6. The van der Waals surface area contributed by atoms with Crippen LogP contribution in [0.4, 0.5) is 0 Å². The molecule has 146 valence electrons. The molecule has 0 radical (unpaired) electrons. The lowest BCUT2D eigenvalue weighted by molar-refractivity contribution is -0.135. The zero-order valence-electron chi connectivity index (χ0n) is 15.9. The van der Waals surface area contributed by atoms with Crippen molar-refractivity contribution in [1.29, 1.82) is 0 Å². The molecule has 2 aromatic carbocycles. The first-order valence-electron chi connectivity index (χ1n) is 9.28. The summed E-state index contributed by atoms with van der Waals surface area (Å²) in [6, 6.07) is 14.2. The van der Waals surface area contributed by atoms with Crippen LogP contribution in [0, 0.1) is 6.92 Å². The van der Waals surface area contributed by atoms with Crippen LogP contribution >= 0.6 is 23.2 Å². The maximum atomic E-state index is 10.9. The molecule has 0 bridgehead atoms. The van der Waals surface area contributed by atoms with Gasteiger partial charge in [0.15, 0.2) is 5.85 Å². The van der Waals surface area contributed by atoms with E-state index in [1.54, 1.807) is 13.0 Å². The van der Waals surface area contributed by atoms with Gasteiger partial charge in [-0.05, 0) is 37.1 Å². The summed E-state index contributed by atoms with van der Waals surface area (Å²) in [5.74, 6) is -1.07. The third kappa shape index (κ3) is 5.67. The molecule has 27 heavy (non-hydrogen) atoms. The molecule has 1 aliphatic heterocycles. The van der Waals surface area contributed by atoms with Gasteiger partial charge in [-0.1, -0.05) is 59.1 Å². The summed E-state index contributed by atoms with van der Waals surface area (Å²) in [6.07, 6.45) is 0. The average Bonchev–Trinajstić information content (AvgIpc) is 2.65. The largest absolute Gasteiger partial charge is 0.363 e. The van der Waals surface area contributed by atoms with Crippen LogP contribution in [0.3, 0.4) is 0 Å². The average molecular weight is 408 g/mol. The van der Waals surface area contributed by atoms with E-state index in [4.69, 9.17) is 23.2 Å². The van der Waals surface area contributed by atoms with Crippen LogP contribution in [0.5, 0.6) is 0 Å². The molecule has 0 aromatic heterocycles. The van der Waals surface area contributed by atoms with E-state index in [1.807, 2.05) is 12.1 Å². The lowest BCUT2D eigenvalue weighted by atomic mass is 10.1. The smallest absolute Gasteiger partial charge is 0.171 e. The third-order valence-corrected chi connectivity index (χ3v) is 5.87. The van der Waals surface area contributed by atoms with Crippen LogP contribution in [0.2, 0.25) is 10.0 Å². The number of piperazine rings is 1. The van der Waals surface area contributed by atoms with Crippen molar-refractivity contribution in [3.63, 3.8) is 0 Å². The van der Waals surface area contributed by atoms with Gasteiger partial charge >= 0.3 is 0 Å². The molecule has 4 nitrogen and oxygen atoms in total. The van der Waals surface area contributed by atoms with Crippen molar-refractivity contribution in [3.8, 4) is 0 Å². The van der Waals surface area contributed by atoms with E-state index in [0.717, 1.165) is 38.3 Å². The summed E-state index contributed by atoms with van der Waals surface area (Å²) in [7, 11) is 0. The molecule has 1 atom stereocenters. The van der Waals surface area contributed by atoms with Crippen molar-refractivity contribution in [3.05, 3.63) is 69.2 Å². The fourth-order valence-corrected chi connectivity index (χ4v) is 3.64. The Labute approximate surface area is 171 Å². The van der Waals surface area contributed by atoms with Gasteiger partial charge in [0.25, 0.3) is 0 Å². The SMILES string of the molecule is Cc1ccc(CN2CCN(C(C)(O)NCc3ccc(Cl)c(Cl)c3)CC2)cc1. The van der Waals surface area contributed by atoms with Crippen molar-refractivity contribution in [2.75, 3.05) is 26.2 Å². The van der Waals surface area contributed by atoms with Crippen LogP contribution in [0.25, 0.3) is 0 Å². The second kappa shape index (κ2) is 8.91. The fraction of sp³-hybridized carbons (Fsp3) is 0.429. The predicted molar refractivity (Wildman–Crippen MR) is 112 cm³/mol. The highest BCUT2D eigenvalue weighted by atomic mass is 35.5. The number of benzene rings is 2. The number of aliphatic hydroxyl groups is 1. The first-order chi connectivity index (χ1) is 12.8. The quantitative estimate of drug-likeness (QED) is 0.712. The molecule has 1 aliphatic rings. The van der Waals surface area contributed by atoms with Crippen molar-refractivity contribution in [2.24, 2.45) is 0 Å². The topological polar surface area (TPSA) is 38.7 Å². The molecule has 1 saturated heterocycles. The monoisotopic (exact) mass is 407 g/mol. The van der Waals surface area contributed by atoms with E-state index in [9.17, 15) is 5.11 Å². The Hall–Kier alpha value is -1.14. The Morgan fingerprint density at radius 1 is 0.963 bits per heavy atom. The summed E-state index contributed by atoms with van der Waals surface area (Å²) in [5, 5.41) is 15.2. The van der Waals surface area contributed by atoms with Crippen LogP contribution in [0.15, 0.2) is 42.5 Å². The van der Waals surface area contributed by atoms with Crippen LogP contribution in [-0.2, 0) is 13.1 Å². The highest BCUT2D eigenvalue weighted by molar-refractivity contribution is 6.42. The van der Waals surface area contributed by atoms with Crippen molar-refractivity contribution in [1.82, 2.24) is 15.1 Å². The summed E-state index contributed by atoms with van der Waals surface area (Å²) in [6.45, 7) is 8.87. The molecule has 1 heterocycles. The number of nitrogens with zero attached hydrogens (tertiary/aromatic N) is 2. The van der Waals surface area contributed by atoms with E-state index >= 15 is 0 Å². The van der Waals surface area contributed by atoms with E-state index in [1.165, 1.54) is 11.1 Å². The van der Waals surface area contributed by atoms with Gasteiger partial charge in [-0.2, -0.15) is 0 Å². The standard InChI is InChI=1S/C21H27Cl2N3O/c1-16-3-5-17(6-4-16)15-25-9-11-26(12-10-25)21(2,27)24-14-18-7-8-19(22)20(23)13-18/h3-8,13,24,27H,9-12,14-15H2,1-2H3. The Balaban J connectivity index is 1.49. The second-order valence-electron chi connectivity index (χ2n) is 7.37. The summed E-state index contributed by atoms with van der Waals surface area (Å²) < 4.78 is 0. The number of halogens is 2. The van der Waals surface area contributed by atoms with Gasteiger partial charge in [0, 0.05) is 39.3 Å². The number of nitrogens with one attached hydrogen (secondary N) is 1. The minimum absolute atomic E-state index is 0.521. The molecule has 3 rings (SSSR count). The van der Waals surface area contributed by atoms with E-state index in [-0.39, 0.29) is 0 Å². The summed E-state index contributed by atoms with van der Waals surface area (Å²) in [4.78, 5) is 4.51. The van der Waals surface area contributed by atoms with Gasteiger partial charge < -0.3 is 5.11 Å². The number of aryl methyl sites for hydroxylation is 1. The first-order valence-corrected chi connectivity index (χ1v) is 10.0. The molecule has 6 heteroatoms. The van der Waals surface area contributed by atoms with Gasteiger partial charge in [-0.3, -0.25) is 15.1 Å². The molecule has 0 amide bonds. The normalized spacial score (nSPS) is 18.4. The van der Waals surface area contributed by atoms with Crippen molar-refractivity contribution in [2.45, 2.75) is 32.8 Å². The van der Waals surface area contributed by atoms with Crippen LogP contribution in [-0.4, -0.2) is 46.9 Å². The highest BCUT2D eigenvalue weighted by Gasteiger charge is 2.31. The molecular formula is C21H27Cl2N3O. The third-order valence-electron chi connectivity index (χ3n) is 5.13. The Morgan fingerprint density at radius 2 is 1.59 bits per heavy atom. The maximum Gasteiger partial charge on any atom is 0.171 e. The van der Waals surface area contributed by atoms with Gasteiger partial charge in [0.2, 0.25) is 0 Å². The lowest BCUT2D eigenvalue weighted by Crippen LogP contribution is -2.61. The van der Waals surface area contributed by atoms with Crippen LogP contribution < -0.4 is 5.32 Å². The molecule has 1 fully saturated rings. The van der Waals surface area contributed by atoms with Crippen LogP contribution in [0.1, 0.15) is 23.6 Å². The van der Waals surface area contributed by atoms with Gasteiger partial charge in [0.05, 0.1) is 10.0 Å². The molecule has 0 spiro atoms. The zero-order chi connectivity index (χ0) is 19.4. The molecule has 2 aromatic rings. The lowest BCUT2D eigenvalue weighted by Gasteiger charge is -2.43. The van der Waals surface area contributed by atoms with E-state index < -0.39 is 5.85 Å². The molecule has 1 unspecified atom stereocenters. The predicted octanol–water partition coefficient (Wildman–Crippen LogP) is 3.88. The molecule has 2 N–H and O–H groups in total. The van der Waals surface area contributed by atoms with Gasteiger partial charge in [0.1, 0.15) is 0 Å². The Kier molecular flexibility index (Phi) is 6.79. The van der Waals surface area contributed by atoms with Gasteiger partial charge in [-0.15, -0.1) is 0 Å². The second-order valence-corrected chi connectivity index (χ2v) is 8.19. The molecule has 0 saturated carbocycles. The maximum absolute atomic E-state index is 10.9. The fourth-order valence-electron chi connectivity index (χ4n) is 3.32. The minimum atomic E-state index is -1.07. The first kappa shape index (κ1) is 20.6. The molecular weight excluding hydrogens is 381 g/mol. The minimum Gasteiger partial charge on any atom is -0.363 e. The highest BCUT2D eigenvalue weighted by Crippen LogP contribution is 2.23. The van der Waals surface area contributed by atoms with Crippen molar-refractivity contribution >= 4 is 23.2 Å². The number of hydrogen-bond donors (Lipinski definition) is 2. The van der Waals surface area contributed by atoms with E-state index in [2.05, 4.69) is 46.3 Å².